The number of pyridine rings is 1. The molecule has 4 aromatic rings. The Morgan fingerprint density at radius 2 is 1.64 bits per heavy atom. The van der Waals surface area contributed by atoms with Crippen molar-refractivity contribution in [2.75, 3.05) is 0 Å². The topological polar surface area (TPSA) is 116 Å². The molecule has 5 rings (SSSR count). The second-order valence-corrected chi connectivity index (χ2v) is 8.74. The van der Waals surface area contributed by atoms with Crippen LogP contribution in [0, 0.1) is 0 Å². The van der Waals surface area contributed by atoms with Crippen molar-refractivity contribution in [3.05, 3.63) is 113 Å². The Hall–Kier alpha value is -4.50. The lowest BCUT2D eigenvalue weighted by Crippen LogP contribution is -2.29. The number of thiocarbonyl (C=S) groups is 1. The van der Waals surface area contributed by atoms with Crippen LogP contribution in [0.5, 0.6) is 0 Å². The Kier molecular flexibility index (Phi) is 6.22. The Bertz CT molecular complexity index is 1410. The predicted octanol–water partition coefficient (Wildman–Crippen LogP) is 4.91. The van der Waals surface area contributed by atoms with Crippen LogP contribution in [0.3, 0.4) is 0 Å². The lowest BCUT2D eigenvalue weighted by Gasteiger charge is -2.26. The van der Waals surface area contributed by atoms with Crippen molar-refractivity contribution in [1.29, 1.82) is 0 Å². The van der Waals surface area contributed by atoms with Crippen molar-refractivity contribution >= 4 is 29.3 Å². The van der Waals surface area contributed by atoms with Gasteiger partial charge >= 0.3 is 11.9 Å². The molecule has 8 nitrogen and oxygen atoms in total. The van der Waals surface area contributed by atoms with E-state index in [1.54, 1.807) is 18.3 Å². The highest BCUT2D eigenvalue weighted by atomic mass is 32.1. The summed E-state index contributed by atoms with van der Waals surface area (Å²) in [5.41, 5.74) is 1.95. The third-order valence-electron chi connectivity index (χ3n) is 6.02. The molecule has 1 aliphatic heterocycles. The Balaban J connectivity index is 1.56. The van der Waals surface area contributed by atoms with Gasteiger partial charge in [-0.1, -0.05) is 36.4 Å². The lowest BCUT2D eigenvalue weighted by atomic mass is 10.0. The van der Waals surface area contributed by atoms with Crippen LogP contribution >= 0.6 is 12.2 Å². The van der Waals surface area contributed by atoms with Crippen LogP contribution in [0.4, 0.5) is 0 Å². The summed E-state index contributed by atoms with van der Waals surface area (Å²) in [4.78, 5) is 29.7. The lowest BCUT2D eigenvalue weighted by molar-refractivity contribution is 0.0696. The van der Waals surface area contributed by atoms with E-state index in [4.69, 9.17) is 16.6 Å². The van der Waals surface area contributed by atoms with Crippen LogP contribution < -0.4 is 5.32 Å². The first-order chi connectivity index (χ1) is 17.4. The first-order valence-electron chi connectivity index (χ1n) is 11.1. The third-order valence-corrected chi connectivity index (χ3v) is 6.38. The predicted molar refractivity (Wildman–Crippen MR) is 136 cm³/mol. The molecular formula is C27H21N3O5S. The molecule has 3 heterocycles. The fraction of sp³-hybridized carbons (Fsp3) is 0.111. The standard InChI is InChI=1S/C27H21N3O5S/c31-25(32)18-12-17(13-19(14-18)26(33)34)21-9-10-22(35-21)24-23(20-8-4-5-11-28-20)29-27(36)30(24)15-16-6-2-1-3-7-16/h1-14,23-24H,15H2,(H,29,36)(H,31,32)(H,33,34)/t23-,24+/m0/s1. The highest BCUT2D eigenvalue weighted by Crippen LogP contribution is 2.41. The third kappa shape index (κ3) is 4.56. The van der Waals surface area contributed by atoms with Gasteiger partial charge in [0.1, 0.15) is 17.6 Å². The summed E-state index contributed by atoms with van der Waals surface area (Å²) >= 11 is 5.70. The molecule has 180 valence electrons. The van der Waals surface area contributed by atoms with E-state index in [1.807, 2.05) is 53.4 Å². The first kappa shape index (κ1) is 23.3. The van der Waals surface area contributed by atoms with Gasteiger partial charge in [0, 0.05) is 18.3 Å². The minimum atomic E-state index is -1.22. The quantitative estimate of drug-likeness (QED) is 0.305. The van der Waals surface area contributed by atoms with Crippen molar-refractivity contribution < 1.29 is 24.2 Å². The van der Waals surface area contributed by atoms with E-state index in [0.717, 1.165) is 17.3 Å². The van der Waals surface area contributed by atoms with Crippen LogP contribution in [0.15, 0.2) is 89.5 Å². The summed E-state index contributed by atoms with van der Waals surface area (Å²) in [6.07, 6.45) is 1.72. The largest absolute Gasteiger partial charge is 0.478 e. The summed E-state index contributed by atoms with van der Waals surface area (Å²) < 4.78 is 6.24. The van der Waals surface area contributed by atoms with Crippen LogP contribution in [0.25, 0.3) is 11.3 Å². The number of nitrogens with zero attached hydrogens (tertiary/aromatic N) is 2. The summed E-state index contributed by atoms with van der Waals surface area (Å²) in [5, 5.41) is 22.8. The van der Waals surface area contributed by atoms with Crippen molar-refractivity contribution in [2.24, 2.45) is 0 Å². The van der Waals surface area contributed by atoms with E-state index in [2.05, 4.69) is 10.3 Å². The second-order valence-electron chi connectivity index (χ2n) is 8.35. The Labute approximate surface area is 211 Å². The monoisotopic (exact) mass is 499 g/mol. The average Bonchev–Trinajstić information content (AvgIpc) is 3.50. The number of carboxylic acid groups (broad SMARTS) is 2. The minimum Gasteiger partial charge on any atom is -0.478 e. The first-order valence-corrected chi connectivity index (χ1v) is 11.6. The van der Waals surface area contributed by atoms with Crippen LogP contribution in [0.2, 0.25) is 0 Å². The van der Waals surface area contributed by atoms with Gasteiger partial charge in [0.15, 0.2) is 5.11 Å². The number of hydrogen-bond acceptors (Lipinski definition) is 5. The number of benzene rings is 2. The summed E-state index contributed by atoms with van der Waals surface area (Å²) in [6.45, 7) is 0.536. The molecule has 9 heteroatoms. The summed E-state index contributed by atoms with van der Waals surface area (Å²) in [6, 6.07) is 22.4. The molecule has 0 aliphatic carbocycles. The maximum atomic E-state index is 11.6. The van der Waals surface area contributed by atoms with Gasteiger partial charge in [0.05, 0.1) is 22.9 Å². The molecule has 0 saturated carbocycles. The summed E-state index contributed by atoms with van der Waals surface area (Å²) in [5.74, 6) is -1.50. The highest BCUT2D eigenvalue weighted by molar-refractivity contribution is 7.80. The summed E-state index contributed by atoms with van der Waals surface area (Å²) in [7, 11) is 0. The highest BCUT2D eigenvalue weighted by Gasteiger charge is 2.41. The number of hydrogen-bond donors (Lipinski definition) is 3. The number of rotatable bonds is 7. The molecule has 1 aliphatic rings. The molecular weight excluding hydrogens is 478 g/mol. The van der Waals surface area contributed by atoms with E-state index >= 15 is 0 Å². The van der Waals surface area contributed by atoms with Crippen molar-refractivity contribution in [2.45, 2.75) is 18.6 Å². The van der Waals surface area contributed by atoms with Gasteiger partial charge in [-0.2, -0.15) is 0 Å². The number of carbonyl (C=O) groups is 2. The molecule has 2 aromatic carbocycles. The molecule has 1 fully saturated rings. The van der Waals surface area contributed by atoms with E-state index in [1.165, 1.54) is 12.1 Å². The van der Waals surface area contributed by atoms with Gasteiger partial charge in [0.2, 0.25) is 0 Å². The fourth-order valence-corrected chi connectivity index (χ4v) is 4.65. The van der Waals surface area contributed by atoms with Gasteiger partial charge < -0.3 is 24.8 Å². The minimum absolute atomic E-state index is 0.136. The molecule has 0 unspecified atom stereocenters. The van der Waals surface area contributed by atoms with Gasteiger partial charge in [-0.15, -0.1) is 0 Å². The van der Waals surface area contributed by atoms with Gasteiger partial charge in [0.25, 0.3) is 0 Å². The van der Waals surface area contributed by atoms with Gasteiger partial charge in [-0.05, 0) is 60.2 Å². The maximum absolute atomic E-state index is 11.6. The number of carboxylic acids is 2. The zero-order chi connectivity index (χ0) is 25.2. The Morgan fingerprint density at radius 3 is 2.28 bits per heavy atom. The smallest absolute Gasteiger partial charge is 0.335 e. The zero-order valence-electron chi connectivity index (χ0n) is 18.9. The number of aromatic carboxylic acids is 2. The number of nitrogens with one attached hydrogen (secondary N) is 1. The Morgan fingerprint density at radius 1 is 0.944 bits per heavy atom. The van der Waals surface area contributed by atoms with Gasteiger partial charge in [-0.25, -0.2) is 9.59 Å². The number of aromatic nitrogens is 1. The average molecular weight is 500 g/mol. The SMILES string of the molecule is O=C(O)c1cc(C(=O)O)cc(-c2ccc([C@@H]3[C@H](c4ccccn4)NC(=S)N3Cc3ccccc3)o2)c1. The van der Waals surface area contributed by atoms with E-state index in [9.17, 15) is 19.8 Å². The molecule has 36 heavy (non-hydrogen) atoms. The van der Waals surface area contributed by atoms with Crippen LogP contribution in [0.1, 0.15) is 49.8 Å². The maximum Gasteiger partial charge on any atom is 0.335 e. The number of furan rings is 1. The van der Waals surface area contributed by atoms with E-state index in [-0.39, 0.29) is 23.2 Å². The van der Waals surface area contributed by atoms with Crippen molar-refractivity contribution in [3.63, 3.8) is 0 Å². The zero-order valence-corrected chi connectivity index (χ0v) is 19.7. The van der Waals surface area contributed by atoms with Crippen molar-refractivity contribution in [1.82, 2.24) is 15.2 Å². The molecule has 0 spiro atoms. The van der Waals surface area contributed by atoms with Crippen LogP contribution in [-0.2, 0) is 6.54 Å². The molecule has 0 radical (unpaired) electrons. The van der Waals surface area contributed by atoms with E-state index < -0.39 is 11.9 Å². The van der Waals surface area contributed by atoms with Crippen molar-refractivity contribution in [3.8, 4) is 11.3 Å². The molecule has 0 bridgehead atoms. The fourth-order valence-electron chi connectivity index (χ4n) is 4.35. The molecule has 2 atom stereocenters. The molecule has 0 amide bonds. The molecule has 2 aromatic heterocycles. The normalized spacial score (nSPS) is 17.1. The van der Waals surface area contributed by atoms with E-state index in [0.29, 0.717) is 28.7 Å². The molecule has 1 saturated heterocycles. The van der Waals surface area contributed by atoms with Crippen LogP contribution in [-0.4, -0.2) is 37.1 Å². The molecule has 3 N–H and O–H groups in total. The van der Waals surface area contributed by atoms with Gasteiger partial charge in [-0.3, -0.25) is 4.98 Å². The second kappa shape index (κ2) is 9.63.